The van der Waals surface area contributed by atoms with Gasteiger partial charge >= 0.3 is 0 Å². The van der Waals surface area contributed by atoms with Gasteiger partial charge in [0.2, 0.25) is 5.91 Å². The molecule has 0 aliphatic carbocycles. The van der Waals surface area contributed by atoms with Crippen molar-refractivity contribution in [1.82, 2.24) is 4.90 Å². The number of hydrogen-bond acceptors (Lipinski definition) is 6. The van der Waals surface area contributed by atoms with E-state index in [1.54, 1.807) is 62.4 Å². The summed E-state index contributed by atoms with van der Waals surface area (Å²) in [6.07, 6.45) is 0.343. The smallest absolute Gasteiger partial charge is 0.256 e. The van der Waals surface area contributed by atoms with Crippen LogP contribution < -0.4 is 14.4 Å². The number of carbonyl (C=O) groups is 2. The van der Waals surface area contributed by atoms with Crippen LogP contribution in [-0.4, -0.2) is 56.3 Å². The van der Waals surface area contributed by atoms with Crippen molar-refractivity contribution in [3.8, 4) is 11.5 Å². The van der Waals surface area contributed by atoms with E-state index in [2.05, 4.69) is 0 Å². The van der Waals surface area contributed by atoms with E-state index in [0.717, 1.165) is 5.56 Å². The standard InChI is InChI=1S/C33H32Cl2N2O6/c1-5-43-31-22(19-38)7-6-14-36(31)30(39)20-9-12-27(35)25(15-20)33(2)26-16-23(34)10-13-28(26)37(32(33)40)18-21-8-11-24(41-3)17-29(21)42-4/h8-13,15-17,31H,5-7,14,18H2,1-4H3/t31-,33?/m1/s1. The Morgan fingerprint density at radius 2 is 1.84 bits per heavy atom. The number of rotatable bonds is 8. The first-order chi connectivity index (χ1) is 20.7. The van der Waals surface area contributed by atoms with E-state index in [9.17, 15) is 14.4 Å². The largest absolute Gasteiger partial charge is 0.497 e. The maximum atomic E-state index is 14.5. The summed E-state index contributed by atoms with van der Waals surface area (Å²) in [5, 5.41) is 0.793. The maximum Gasteiger partial charge on any atom is 0.256 e. The predicted octanol–water partition coefficient (Wildman–Crippen LogP) is 6.22. The number of fused-ring (bicyclic) bond motifs is 1. The summed E-state index contributed by atoms with van der Waals surface area (Å²) < 4.78 is 16.7. The highest BCUT2D eigenvalue weighted by Gasteiger charge is 2.50. The van der Waals surface area contributed by atoms with E-state index < -0.39 is 11.6 Å². The number of hydrogen-bond donors (Lipinski definition) is 0. The summed E-state index contributed by atoms with van der Waals surface area (Å²) in [5.74, 6) is 2.61. The Kier molecular flexibility index (Phi) is 8.86. The third-order valence-electron chi connectivity index (χ3n) is 8.18. The van der Waals surface area contributed by atoms with Crippen molar-refractivity contribution < 1.29 is 28.6 Å². The van der Waals surface area contributed by atoms with Crippen molar-refractivity contribution in [3.63, 3.8) is 0 Å². The SMILES string of the molecule is CCO[C@@H]1C(=C=O)CCCN1C(=O)c1ccc(Cl)c(C2(C)C(=O)N(Cc3ccc(OC)cc3OC)c3ccc(Cl)cc32)c1. The molecule has 5 rings (SSSR count). The van der Waals surface area contributed by atoms with Crippen LogP contribution in [0.15, 0.2) is 60.2 Å². The minimum Gasteiger partial charge on any atom is -0.497 e. The van der Waals surface area contributed by atoms with Crippen molar-refractivity contribution in [2.24, 2.45) is 0 Å². The van der Waals surface area contributed by atoms with Gasteiger partial charge in [0, 0.05) is 46.1 Å². The van der Waals surface area contributed by atoms with E-state index in [0.29, 0.717) is 75.5 Å². The fraction of sp³-hybridized carbons (Fsp3) is 0.333. The van der Waals surface area contributed by atoms with Crippen molar-refractivity contribution in [1.29, 1.82) is 0 Å². The molecule has 0 aromatic heterocycles. The molecule has 3 aromatic carbocycles. The second-order valence-corrected chi connectivity index (χ2v) is 11.4. The molecule has 1 fully saturated rings. The third kappa shape index (κ3) is 5.41. The van der Waals surface area contributed by atoms with Crippen LogP contribution in [0.5, 0.6) is 11.5 Å². The summed E-state index contributed by atoms with van der Waals surface area (Å²) in [5.41, 5.74) is 2.06. The molecule has 0 bridgehead atoms. The van der Waals surface area contributed by atoms with Crippen LogP contribution in [0.3, 0.4) is 0 Å². The first-order valence-corrected chi connectivity index (χ1v) is 14.7. The summed E-state index contributed by atoms with van der Waals surface area (Å²) in [4.78, 5) is 43.2. The highest BCUT2D eigenvalue weighted by atomic mass is 35.5. The molecule has 0 radical (unpaired) electrons. The van der Waals surface area contributed by atoms with Gasteiger partial charge in [0.25, 0.3) is 5.91 Å². The highest BCUT2D eigenvalue weighted by molar-refractivity contribution is 6.33. The lowest BCUT2D eigenvalue weighted by atomic mass is 9.76. The van der Waals surface area contributed by atoms with Gasteiger partial charge in [-0.05, 0) is 86.3 Å². The number of ether oxygens (including phenoxy) is 3. The number of methoxy groups -OCH3 is 2. The second-order valence-electron chi connectivity index (χ2n) is 10.6. The Balaban J connectivity index is 1.58. The number of carbonyl (C=O) groups excluding carboxylic acids is 3. The van der Waals surface area contributed by atoms with E-state index in [4.69, 9.17) is 37.4 Å². The summed E-state index contributed by atoms with van der Waals surface area (Å²) in [6.45, 7) is 4.56. The van der Waals surface area contributed by atoms with Gasteiger partial charge in [0.05, 0.1) is 26.3 Å². The normalized spacial score (nSPS) is 19.7. The lowest BCUT2D eigenvalue weighted by molar-refractivity contribution is -0.121. The Labute approximate surface area is 260 Å². The number of amides is 2. The average Bonchev–Trinajstić information content (AvgIpc) is 3.23. The summed E-state index contributed by atoms with van der Waals surface area (Å²) >= 11 is 13.3. The van der Waals surface area contributed by atoms with Gasteiger partial charge in [0.15, 0.2) is 6.23 Å². The fourth-order valence-electron chi connectivity index (χ4n) is 5.94. The molecule has 10 heteroatoms. The first kappa shape index (κ1) is 30.6. The molecule has 3 aromatic rings. The first-order valence-electron chi connectivity index (χ1n) is 14.0. The Bertz CT molecular complexity index is 1640. The zero-order chi connectivity index (χ0) is 30.9. The van der Waals surface area contributed by atoms with Crippen molar-refractivity contribution >= 4 is 46.6 Å². The number of likely N-dealkylation sites (tertiary alicyclic amines) is 1. The molecule has 2 amide bonds. The van der Waals surface area contributed by atoms with Gasteiger partial charge in [-0.1, -0.05) is 23.2 Å². The molecule has 8 nitrogen and oxygen atoms in total. The molecule has 43 heavy (non-hydrogen) atoms. The summed E-state index contributed by atoms with van der Waals surface area (Å²) in [6, 6.07) is 15.7. The van der Waals surface area contributed by atoms with E-state index in [1.807, 2.05) is 31.1 Å². The predicted molar refractivity (Wildman–Crippen MR) is 165 cm³/mol. The molecule has 224 valence electrons. The molecule has 1 saturated heterocycles. The van der Waals surface area contributed by atoms with Gasteiger partial charge < -0.3 is 24.0 Å². The molecule has 0 N–H and O–H groups in total. The van der Waals surface area contributed by atoms with Crippen LogP contribution in [0.25, 0.3) is 0 Å². The number of benzene rings is 3. The molecule has 0 saturated carbocycles. The van der Waals surface area contributed by atoms with Gasteiger partial charge in [-0.25, -0.2) is 4.79 Å². The molecule has 2 aliphatic rings. The topological polar surface area (TPSA) is 85.4 Å². The Hall–Kier alpha value is -3.81. The van der Waals surface area contributed by atoms with Crippen LogP contribution in [0.4, 0.5) is 5.69 Å². The highest BCUT2D eigenvalue weighted by Crippen LogP contribution is 2.50. The van der Waals surface area contributed by atoms with E-state index in [1.165, 1.54) is 4.90 Å². The number of anilines is 1. The van der Waals surface area contributed by atoms with Crippen LogP contribution >= 0.6 is 23.2 Å². The number of nitrogens with zero attached hydrogens (tertiary/aromatic N) is 2. The lowest BCUT2D eigenvalue weighted by Gasteiger charge is -2.36. The van der Waals surface area contributed by atoms with Gasteiger partial charge in [-0.2, -0.15) is 0 Å². The molecular weight excluding hydrogens is 591 g/mol. The molecule has 2 atom stereocenters. The van der Waals surface area contributed by atoms with Crippen LogP contribution in [0.2, 0.25) is 10.0 Å². The third-order valence-corrected chi connectivity index (χ3v) is 8.74. The number of piperidine rings is 1. The van der Waals surface area contributed by atoms with Gasteiger partial charge in [0.1, 0.15) is 22.9 Å². The van der Waals surface area contributed by atoms with Crippen molar-refractivity contribution in [2.75, 3.05) is 32.3 Å². The molecule has 2 aliphatic heterocycles. The maximum absolute atomic E-state index is 14.5. The van der Waals surface area contributed by atoms with Gasteiger partial charge in [-0.3, -0.25) is 9.59 Å². The van der Waals surface area contributed by atoms with Crippen LogP contribution in [0.1, 0.15) is 53.7 Å². The van der Waals surface area contributed by atoms with E-state index in [-0.39, 0.29) is 18.4 Å². The molecular formula is C33H32Cl2N2O6. The number of halogens is 2. The zero-order valence-corrected chi connectivity index (χ0v) is 25.9. The molecule has 1 unspecified atom stereocenters. The minimum atomic E-state index is -1.26. The van der Waals surface area contributed by atoms with Crippen LogP contribution in [-0.2, 0) is 26.3 Å². The lowest BCUT2D eigenvalue weighted by Crippen LogP contribution is -2.47. The minimum absolute atomic E-state index is 0.219. The molecule has 0 spiro atoms. The van der Waals surface area contributed by atoms with E-state index >= 15 is 0 Å². The van der Waals surface area contributed by atoms with Crippen molar-refractivity contribution in [3.05, 3.63) is 92.5 Å². The van der Waals surface area contributed by atoms with Crippen LogP contribution in [0, 0.1) is 0 Å². The summed E-state index contributed by atoms with van der Waals surface area (Å²) in [7, 11) is 3.14. The average molecular weight is 624 g/mol. The van der Waals surface area contributed by atoms with Crippen molar-refractivity contribution in [2.45, 2.75) is 44.9 Å². The Morgan fingerprint density at radius 3 is 2.53 bits per heavy atom. The Morgan fingerprint density at radius 1 is 1.05 bits per heavy atom. The fourth-order valence-corrected chi connectivity index (χ4v) is 6.42. The molecule has 2 heterocycles. The second kappa shape index (κ2) is 12.4. The monoisotopic (exact) mass is 622 g/mol. The van der Waals surface area contributed by atoms with Gasteiger partial charge in [-0.15, -0.1) is 0 Å². The quantitative estimate of drug-likeness (QED) is 0.277. The zero-order valence-electron chi connectivity index (χ0n) is 24.4.